The minimum absolute atomic E-state index is 0.0951. The highest BCUT2D eigenvalue weighted by Crippen LogP contribution is 2.50. The lowest BCUT2D eigenvalue weighted by Crippen LogP contribution is -2.15. The molecule has 4 heteroatoms. The van der Waals surface area contributed by atoms with Crippen molar-refractivity contribution >= 4 is 11.6 Å². The van der Waals surface area contributed by atoms with Crippen LogP contribution in [0.1, 0.15) is 49.9 Å². The predicted molar refractivity (Wildman–Crippen MR) is 151 cm³/mol. The van der Waals surface area contributed by atoms with Crippen molar-refractivity contribution in [3.63, 3.8) is 0 Å². The van der Waals surface area contributed by atoms with Gasteiger partial charge in [-0.05, 0) is 68.2 Å². The van der Waals surface area contributed by atoms with E-state index in [0.717, 1.165) is 11.1 Å². The molecule has 0 N–H and O–H groups in total. The SMILES string of the molecule is CC1(C)c2ccccc2-c2ccc(-c3nc(Cl)nc(-c4ccc5c(c4)C(C)(C)c4ccccc4-5)n3)cc21. The molecule has 0 amide bonds. The summed E-state index contributed by atoms with van der Waals surface area (Å²) in [5, 5.41) is 0.200. The molecule has 5 aromatic rings. The topological polar surface area (TPSA) is 38.7 Å². The Bertz CT molecular complexity index is 1620. The maximum absolute atomic E-state index is 6.48. The molecule has 1 heterocycles. The van der Waals surface area contributed by atoms with E-state index in [2.05, 4.69) is 123 Å². The molecule has 0 fully saturated rings. The zero-order valence-electron chi connectivity index (χ0n) is 21.3. The van der Waals surface area contributed by atoms with E-state index in [1.807, 2.05) is 0 Å². The van der Waals surface area contributed by atoms with Crippen molar-refractivity contribution in [3.05, 3.63) is 112 Å². The molecule has 37 heavy (non-hydrogen) atoms. The van der Waals surface area contributed by atoms with Gasteiger partial charge in [-0.15, -0.1) is 0 Å². The van der Waals surface area contributed by atoms with Gasteiger partial charge in [-0.1, -0.05) is 100 Å². The van der Waals surface area contributed by atoms with Gasteiger partial charge in [-0.3, -0.25) is 0 Å². The van der Waals surface area contributed by atoms with Gasteiger partial charge in [0.1, 0.15) is 0 Å². The number of aromatic nitrogens is 3. The van der Waals surface area contributed by atoms with Crippen molar-refractivity contribution in [2.45, 2.75) is 38.5 Å². The lowest BCUT2D eigenvalue weighted by molar-refractivity contribution is 0.660. The molecular formula is C33H26ClN3. The van der Waals surface area contributed by atoms with E-state index in [1.54, 1.807) is 0 Å². The van der Waals surface area contributed by atoms with Gasteiger partial charge in [-0.2, -0.15) is 9.97 Å². The first-order valence-electron chi connectivity index (χ1n) is 12.7. The van der Waals surface area contributed by atoms with Gasteiger partial charge >= 0.3 is 0 Å². The van der Waals surface area contributed by atoms with Crippen molar-refractivity contribution in [2.24, 2.45) is 0 Å². The molecule has 1 aromatic heterocycles. The molecule has 0 atom stereocenters. The molecule has 7 rings (SSSR count). The van der Waals surface area contributed by atoms with E-state index in [4.69, 9.17) is 16.6 Å². The Morgan fingerprint density at radius 2 is 0.892 bits per heavy atom. The average Bonchev–Trinajstić information content (AvgIpc) is 3.28. The van der Waals surface area contributed by atoms with Crippen molar-refractivity contribution in [1.29, 1.82) is 0 Å². The molecule has 0 aliphatic heterocycles. The number of hydrogen-bond acceptors (Lipinski definition) is 3. The average molecular weight is 500 g/mol. The van der Waals surface area contributed by atoms with Crippen LogP contribution in [0.2, 0.25) is 5.28 Å². The minimum atomic E-state index is -0.0951. The van der Waals surface area contributed by atoms with E-state index >= 15 is 0 Å². The predicted octanol–water partition coefficient (Wildman–Crippen LogP) is 8.47. The molecule has 0 radical (unpaired) electrons. The number of rotatable bonds is 2. The Kier molecular flexibility index (Phi) is 4.59. The second-order valence-corrected chi connectivity index (χ2v) is 11.5. The van der Waals surface area contributed by atoms with Gasteiger partial charge in [0.25, 0.3) is 0 Å². The molecule has 0 bridgehead atoms. The Balaban J connectivity index is 1.33. The summed E-state index contributed by atoms with van der Waals surface area (Å²) >= 11 is 6.48. The van der Waals surface area contributed by atoms with E-state index in [1.165, 1.54) is 44.5 Å². The van der Waals surface area contributed by atoms with Crippen molar-refractivity contribution in [1.82, 2.24) is 15.0 Å². The quantitative estimate of drug-likeness (QED) is 0.244. The summed E-state index contributed by atoms with van der Waals surface area (Å²) in [5.74, 6) is 1.18. The van der Waals surface area contributed by atoms with Crippen molar-refractivity contribution < 1.29 is 0 Å². The summed E-state index contributed by atoms with van der Waals surface area (Å²) in [6, 6.07) is 30.3. The Morgan fingerprint density at radius 1 is 0.486 bits per heavy atom. The van der Waals surface area contributed by atoms with Crippen molar-refractivity contribution in [3.8, 4) is 45.0 Å². The molecule has 180 valence electrons. The third-order valence-corrected chi connectivity index (χ3v) is 8.46. The number of fused-ring (bicyclic) bond motifs is 6. The molecule has 3 nitrogen and oxygen atoms in total. The largest absolute Gasteiger partial charge is 0.226 e. The van der Waals surface area contributed by atoms with Crippen molar-refractivity contribution in [2.75, 3.05) is 0 Å². The summed E-state index contributed by atoms with van der Waals surface area (Å²) in [6.07, 6.45) is 0. The van der Waals surface area contributed by atoms with E-state index in [9.17, 15) is 0 Å². The van der Waals surface area contributed by atoms with E-state index in [0.29, 0.717) is 11.6 Å². The highest BCUT2D eigenvalue weighted by Gasteiger charge is 2.36. The summed E-state index contributed by atoms with van der Waals surface area (Å²) in [5.41, 5.74) is 12.1. The third kappa shape index (κ3) is 3.17. The van der Waals surface area contributed by atoms with Crippen LogP contribution in [0.3, 0.4) is 0 Å². The Labute approximate surface area is 222 Å². The van der Waals surface area contributed by atoms with E-state index in [-0.39, 0.29) is 16.1 Å². The summed E-state index contributed by atoms with van der Waals surface area (Å²) in [7, 11) is 0. The Morgan fingerprint density at radius 3 is 1.35 bits per heavy atom. The Hall–Kier alpha value is -3.82. The molecule has 2 aliphatic carbocycles. The van der Waals surface area contributed by atoms with Gasteiger partial charge in [0.2, 0.25) is 5.28 Å². The maximum atomic E-state index is 6.48. The smallest absolute Gasteiger partial charge is 0.208 e. The summed E-state index contributed by atoms with van der Waals surface area (Å²) in [6.45, 7) is 9.10. The van der Waals surface area contributed by atoms with Crippen LogP contribution in [0.25, 0.3) is 45.0 Å². The first-order valence-corrected chi connectivity index (χ1v) is 13.0. The third-order valence-electron chi connectivity index (χ3n) is 8.29. The van der Waals surface area contributed by atoms with Gasteiger partial charge in [0, 0.05) is 22.0 Å². The zero-order chi connectivity index (χ0) is 25.5. The van der Waals surface area contributed by atoms with Crippen LogP contribution >= 0.6 is 11.6 Å². The van der Waals surface area contributed by atoms with Crippen LogP contribution in [0.5, 0.6) is 0 Å². The van der Waals surface area contributed by atoms with Crippen LogP contribution in [0, 0.1) is 0 Å². The molecule has 0 saturated carbocycles. The minimum Gasteiger partial charge on any atom is -0.208 e. The first-order chi connectivity index (χ1) is 17.7. The highest BCUT2D eigenvalue weighted by molar-refractivity contribution is 6.28. The molecule has 2 aliphatic rings. The van der Waals surface area contributed by atoms with Crippen LogP contribution < -0.4 is 0 Å². The first kappa shape index (κ1) is 22.4. The van der Waals surface area contributed by atoms with E-state index < -0.39 is 0 Å². The fourth-order valence-corrected chi connectivity index (χ4v) is 6.46. The normalized spacial score (nSPS) is 15.6. The number of benzene rings is 4. The molecule has 0 saturated heterocycles. The van der Waals surface area contributed by atoms with Crippen LogP contribution in [0.15, 0.2) is 84.9 Å². The fraction of sp³-hybridized carbons (Fsp3) is 0.182. The van der Waals surface area contributed by atoms with Gasteiger partial charge < -0.3 is 0 Å². The number of hydrogen-bond donors (Lipinski definition) is 0. The van der Waals surface area contributed by atoms with Gasteiger partial charge in [0.05, 0.1) is 0 Å². The maximum Gasteiger partial charge on any atom is 0.226 e. The standard InChI is InChI=1S/C33H26ClN3/c1-32(2)25-11-7-5-9-21(25)23-15-13-19(17-27(23)32)29-35-30(37-31(34)36-29)20-14-16-24-22-10-6-8-12-26(22)33(3,4)28(24)18-20/h5-18H,1-4H3. The van der Waals surface area contributed by atoms with Crippen LogP contribution in [-0.4, -0.2) is 15.0 Å². The van der Waals surface area contributed by atoms with Crippen LogP contribution in [-0.2, 0) is 10.8 Å². The zero-order valence-corrected chi connectivity index (χ0v) is 22.1. The molecule has 0 spiro atoms. The second kappa shape index (κ2) is 7.60. The summed E-state index contributed by atoms with van der Waals surface area (Å²) < 4.78 is 0. The summed E-state index contributed by atoms with van der Waals surface area (Å²) in [4.78, 5) is 14.0. The second-order valence-electron chi connectivity index (χ2n) is 11.1. The lowest BCUT2D eigenvalue weighted by atomic mass is 9.82. The molecule has 4 aromatic carbocycles. The highest BCUT2D eigenvalue weighted by atomic mass is 35.5. The fourth-order valence-electron chi connectivity index (χ4n) is 6.30. The molecular weight excluding hydrogens is 474 g/mol. The number of nitrogens with zero attached hydrogens (tertiary/aromatic N) is 3. The monoisotopic (exact) mass is 499 g/mol. The number of halogens is 1. The molecule has 0 unspecified atom stereocenters. The van der Waals surface area contributed by atoms with Crippen LogP contribution in [0.4, 0.5) is 0 Å². The van der Waals surface area contributed by atoms with Gasteiger partial charge in [-0.25, -0.2) is 4.98 Å². The lowest BCUT2D eigenvalue weighted by Gasteiger charge is -2.22. The van der Waals surface area contributed by atoms with Gasteiger partial charge in [0.15, 0.2) is 11.6 Å².